The molecule has 0 amide bonds. The van der Waals surface area contributed by atoms with Crippen molar-refractivity contribution >= 4 is 10.0 Å². The molecule has 0 heterocycles. The van der Waals surface area contributed by atoms with E-state index in [1.54, 1.807) is 28.6 Å². The zero-order valence-electron chi connectivity index (χ0n) is 12.2. The van der Waals surface area contributed by atoms with Gasteiger partial charge < -0.3 is 5.11 Å². The van der Waals surface area contributed by atoms with Gasteiger partial charge in [0.05, 0.1) is 4.90 Å². The summed E-state index contributed by atoms with van der Waals surface area (Å²) in [5.74, 6) is 5.84. The summed E-state index contributed by atoms with van der Waals surface area (Å²) in [6, 6.07) is 6.53. The minimum Gasteiger partial charge on any atom is -0.384 e. The van der Waals surface area contributed by atoms with Gasteiger partial charge in [0.25, 0.3) is 0 Å². The summed E-state index contributed by atoms with van der Waals surface area (Å²) in [4.78, 5) is 0.311. The van der Waals surface area contributed by atoms with Crippen LogP contribution < -0.4 is 0 Å². The molecule has 0 aliphatic heterocycles. The first-order valence-electron chi connectivity index (χ1n) is 7.28. The van der Waals surface area contributed by atoms with E-state index in [1.807, 2.05) is 6.92 Å². The maximum atomic E-state index is 12.7. The number of rotatable bonds is 6. The van der Waals surface area contributed by atoms with Crippen molar-refractivity contribution in [2.24, 2.45) is 5.92 Å². The highest BCUT2D eigenvalue weighted by Crippen LogP contribution is 2.31. The van der Waals surface area contributed by atoms with E-state index in [-0.39, 0.29) is 6.61 Å². The molecule has 21 heavy (non-hydrogen) atoms. The summed E-state index contributed by atoms with van der Waals surface area (Å²) in [6.45, 7) is 2.97. The van der Waals surface area contributed by atoms with Gasteiger partial charge in [0, 0.05) is 18.7 Å². The molecule has 1 aromatic rings. The third-order valence-corrected chi connectivity index (χ3v) is 5.32. The number of aliphatic hydroxyl groups excluding tert-OH is 1. The highest BCUT2D eigenvalue weighted by atomic mass is 32.2. The molecule has 0 bridgehead atoms. The Labute approximate surface area is 126 Å². The van der Waals surface area contributed by atoms with E-state index in [0.717, 1.165) is 19.3 Å². The highest BCUT2D eigenvalue weighted by Gasteiger charge is 2.31. The molecular formula is C16H21NO3S. The van der Waals surface area contributed by atoms with Crippen molar-refractivity contribution in [3.05, 3.63) is 29.8 Å². The van der Waals surface area contributed by atoms with E-state index in [9.17, 15) is 8.42 Å². The number of hydrogen-bond donors (Lipinski definition) is 1. The second-order valence-corrected chi connectivity index (χ2v) is 7.23. The van der Waals surface area contributed by atoms with Crippen LogP contribution in [0.25, 0.3) is 0 Å². The average Bonchev–Trinajstić information content (AvgIpc) is 3.29. The van der Waals surface area contributed by atoms with Crippen molar-refractivity contribution in [2.75, 3.05) is 19.7 Å². The molecule has 1 aliphatic rings. The van der Waals surface area contributed by atoms with Gasteiger partial charge in [0.2, 0.25) is 10.0 Å². The Kier molecular flexibility index (Phi) is 5.40. The van der Waals surface area contributed by atoms with Gasteiger partial charge in [-0.3, -0.25) is 0 Å². The fourth-order valence-electron chi connectivity index (χ4n) is 2.15. The van der Waals surface area contributed by atoms with Crippen molar-refractivity contribution in [3.8, 4) is 11.8 Å². The Morgan fingerprint density at radius 1 is 1.29 bits per heavy atom. The minimum atomic E-state index is -3.42. The lowest BCUT2D eigenvalue weighted by Crippen LogP contribution is -2.33. The minimum absolute atomic E-state index is 0.203. The summed E-state index contributed by atoms with van der Waals surface area (Å²) in [5.41, 5.74) is 0.701. The van der Waals surface area contributed by atoms with Crippen LogP contribution in [0.1, 0.15) is 31.7 Å². The molecule has 1 aliphatic carbocycles. The fraction of sp³-hybridized carbons (Fsp3) is 0.500. The summed E-state index contributed by atoms with van der Waals surface area (Å²) in [7, 11) is -3.42. The first-order chi connectivity index (χ1) is 10.1. The van der Waals surface area contributed by atoms with Crippen molar-refractivity contribution in [3.63, 3.8) is 0 Å². The van der Waals surface area contributed by atoms with Crippen LogP contribution in [0.2, 0.25) is 0 Å². The van der Waals surface area contributed by atoms with E-state index < -0.39 is 10.0 Å². The lowest BCUT2D eigenvalue weighted by atomic mass is 10.2. The SMILES string of the molecule is CCCN(CC1CC1)S(=O)(=O)c1ccc(C#CCO)cc1. The first kappa shape index (κ1) is 16.0. The van der Waals surface area contributed by atoms with E-state index in [0.29, 0.717) is 29.5 Å². The molecule has 5 heteroatoms. The molecule has 114 valence electrons. The van der Waals surface area contributed by atoms with Gasteiger partial charge in [-0.15, -0.1) is 0 Å². The maximum absolute atomic E-state index is 12.7. The topological polar surface area (TPSA) is 57.6 Å². The van der Waals surface area contributed by atoms with Gasteiger partial charge in [0.1, 0.15) is 6.61 Å². The number of benzene rings is 1. The molecule has 0 aromatic heterocycles. The Hall–Kier alpha value is -1.35. The van der Waals surface area contributed by atoms with Crippen LogP contribution in [-0.2, 0) is 10.0 Å². The van der Waals surface area contributed by atoms with Gasteiger partial charge >= 0.3 is 0 Å². The van der Waals surface area contributed by atoms with Gasteiger partial charge in [-0.1, -0.05) is 18.8 Å². The second kappa shape index (κ2) is 7.08. The number of aliphatic hydroxyl groups is 1. The second-order valence-electron chi connectivity index (χ2n) is 5.29. The zero-order chi connectivity index (χ0) is 15.3. The van der Waals surface area contributed by atoms with Gasteiger partial charge in [-0.2, -0.15) is 4.31 Å². The molecule has 0 saturated heterocycles. The van der Waals surface area contributed by atoms with Crippen molar-refractivity contribution in [1.82, 2.24) is 4.31 Å². The molecule has 1 saturated carbocycles. The Balaban J connectivity index is 2.19. The van der Waals surface area contributed by atoms with Crippen LogP contribution in [0, 0.1) is 17.8 Å². The quantitative estimate of drug-likeness (QED) is 0.816. The van der Waals surface area contributed by atoms with Crippen LogP contribution in [0.5, 0.6) is 0 Å². The van der Waals surface area contributed by atoms with E-state index in [1.165, 1.54) is 0 Å². The smallest absolute Gasteiger partial charge is 0.243 e. The molecule has 2 rings (SSSR count). The van der Waals surface area contributed by atoms with Crippen LogP contribution in [-0.4, -0.2) is 37.5 Å². The van der Waals surface area contributed by atoms with Crippen LogP contribution in [0.3, 0.4) is 0 Å². The Bertz CT molecular complexity index is 622. The molecule has 0 spiro atoms. The molecule has 0 unspecified atom stereocenters. The number of nitrogens with zero attached hydrogens (tertiary/aromatic N) is 1. The van der Waals surface area contributed by atoms with E-state index >= 15 is 0 Å². The van der Waals surface area contributed by atoms with E-state index in [4.69, 9.17) is 5.11 Å². The lowest BCUT2D eigenvalue weighted by Gasteiger charge is -2.21. The van der Waals surface area contributed by atoms with E-state index in [2.05, 4.69) is 11.8 Å². The normalized spacial score (nSPS) is 14.8. The van der Waals surface area contributed by atoms with Gasteiger partial charge in [0.15, 0.2) is 0 Å². The van der Waals surface area contributed by atoms with Crippen LogP contribution in [0.15, 0.2) is 29.2 Å². The largest absolute Gasteiger partial charge is 0.384 e. The fourth-order valence-corrected chi connectivity index (χ4v) is 3.76. The molecule has 0 atom stereocenters. The lowest BCUT2D eigenvalue weighted by molar-refractivity contribution is 0.350. The molecule has 1 fully saturated rings. The standard InChI is InChI=1S/C16H21NO3S/c1-2-11-17(13-15-5-6-15)21(19,20)16-9-7-14(8-10-16)4-3-12-18/h7-10,15,18H,2,5-6,11-13H2,1H3. The van der Waals surface area contributed by atoms with Crippen LogP contribution >= 0.6 is 0 Å². The zero-order valence-corrected chi connectivity index (χ0v) is 13.1. The summed E-state index contributed by atoms with van der Waals surface area (Å²) in [6.07, 6.45) is 3.07. The maximum Gasteiger partial charge on any atom is 0.243 e. The third kappa shape index (κ3) is 4.31. The van der Waals surface area contributed by atoms with Crippen molar-refractivity contribution in [2.45, 2.75) is 31.1 Å². The molecule has 4 nitrogen and oxygen atoms in total. The first-order valence-corrected chi connectivity index (χ1v) is 8.72. The monoisotopic (exact) mass is 307 g/mol. The summed E-state index contributed by atoms with van der Waals surface area (Å²) in [5, 5.41) is 8.66. The van der Waals surface area contributed by atoms with Crippen molar-refractivity contribution in [1.29, 1.82) is 0 Å². The Morgan fingerprint density at radius 3 is 2.48 bits per heavy atom. The Morgan fingerprint density at radius 2 is 1.95 bits per heavy atom. The summed E-state index contributed by atoms with van der Waals surface area (Å²) >= 11 is 0. The van der Waals surface area contributed by atoms with Gasteiger partial charge in [-0.25, -0.2) is 8.42 Å². The molecule has 1 N–H and O–H groups in total. The summed E-state index contributed by atoms with van der Waals surface area (Å²) < 4.78 is 26.9. The molecule has 0 radical (unpaired) electrons. The predicted octanol–water partition coefficient (Wildman–Crippen LogP) is 1.84. The van der Waals surface area contributed by atoms with Crippen LogP contribution in [0.4, 0.5) is 0 Å². The van der Waals surface area contributed by atoms with Crippen molar-refractivity contribution < 1.29 is 13.5 Å². The number of sulfonamides is 1. The predicted molar refractivity (Wildman–Crippen MR) is 82.2 cm³/mol. The third-order valence-electron chi connectivity index (χ3n) is 3.44. The molecule has 1 aromatic carbocycles. The molecular weight excluding hydrogens is 286 g/mol. The van der Waals surface area contributed by atoms with Gasteiger partial charge in [-0.05, 0) is 49.4 Å². The number of hydrogen-bond acceptors (Lipinski definition) is 3. The average molecular weight is 307 g/mol. The highest BCUT2D eigenvalue weighted by molar-refractivity contribution is 7.89.